The molecule has 0 aromatic carbocycles. The van der Waals surface area contributed by atoms with Gasteiger partial charge in [0.1, 0.15) is 0 Å². The van der Waals surface area contributed by atoms with Crippen LogP contribution in [0, 0.1) is 0 Å². The summed E-state index contributed by atoms with van der Waals surface area (Å²) in [5, 5.41) is 4.95. The molecule has 2 fully saturated rings. The summed E-state index contributed by atoms with van der Waals surface area (Å²) in [7, 11) is 0. The summed E-state index contributed by atoms with van der Waals surface area (Å²) in [4.78, 5) is 2.51. The Hall–Kier alpha value is -0.160. The Bertz CT molecular complexity index is 163. The molecule has 0 spiro atoms. The molecular formula is C10H21N3O. The van der Waals surface area contributed by atoms with Crippen molar-refractivity contribution in [2.45, 2.75) is 6.92 Å². The molecule has 0 amide bonds. The van der Waals surface area contributed by atoms with Crippen LogP contribution in [-0.2, 0) is 4.74 Å². The molecule has 82 valence electrons. The van der Waals surface area contributed by atoms with Crippen molar-refractivity contribution in [2.75, 3.05) is 59.0 Å². The minimum Gasteiger partial charge on any atom is -0.379 e. The summed E-state index contributed by atoms with van der Waals surface area (Å²) in [6.07, 6.45) is 0. The highest BCUT2D eigenvalue weighted by Gasteiger charge is 2.22. The van der Waals surface area contributed by atoms with Crippen LogP contribution in [-0.4, -0.2) is 73.9 Å². The Morgan fingerprint density at radius 3 is 2.00 bits per heavy atom. The predicted octanol–water partition coefficient (Wildman–Crippen LogP) is -0.129. The van der Waals surface area contributed by atoms with Gasteiger partial charge < -0.3 is 9.64 Å². The van der Waals surface area contributed by atoms with Crippen molar-refractivity contribution in [1.29, 1.82) is 0 Å². The zero-order valence-corrected chi connectivity index (χ0v) is 9.11. The van der Waals surface area contributed by atoms with Gasteiger partial charge in [-0.25, -0.2) is 10.0 Å². The van der Waals surface area contributed by atoms with Crippen LogP contribution in [0.5, 0.6) is 0 Å². The van der Waals surface area contributed by atoms with E-state index in [9.17, 15) is 0 Å². The van der Waals surface area contributed by atoms with Crippen LogP contribution in [0.1, 0.15) is 6.92 Å². The van der Waals surface area contributed by atoms with Gasteiger partial charge in [0.25, 0.3) is 0 Å². The zero-order chi connectivity index (χ0) is 9.80. The number of rotatable bonds is 2. The van der Waals surface area contributed by atoms with Crippen LogP contribution < -0.4 is 0 Å². The first kappa shape index (κ1) is 10.4. The summed E-state index contributed by atoms with van der Waals surface area (Å²) in [6, 6.07) is 0. The molecule has 2 saturated heterocycles. The maximum atomic E-state index is 5.35. The Balaban J connectivity index is 1.76. The fraction of sp³-hybridized carbons (Fsp3) is 1.00. The molecule has 2 rings (SSSR count). The first-order valence-corrected chi connectivity index (χ1v) is 5.70. The van der Waals surface area contributed by atoms with Crippen LogP contribution in [0.3, 0.4) is 0 Å². The van der Waals surface area contributed by atoms with E-state index in [0.717, 1.165) is 26.3 Å². The van der Waals surface area contributed by atoms with Crippen molar-refractivity contribution in [3.63, 3.8) is 0 Å². The third-order valence-electron chi connectivity index (χ3n) is 3.18. The number of nitrogens with zero attached hydrogens (tertiary/aromatic N) is 3. The molecular weight excluding hydrogens is 178 g/mol. The lowest BCUT2D eigenvalue weighted by Gasteiger charge is -2.42. The summed E-state index contributed by atoms with van der Waals surface area (Å²) in [6.45, 7) is 12.2. The van der Waals surface area contributed by atoms with E-state index in [4.69, 9.17) is 4.74 Å². The number of ether oxygens (including phenoxy) is 1. The van der Waals surface area contributed by atoms with E-state index in [1.165, 1.54) is 32.7 Å². The normalized spacial score (nSPS) is 28.1. The minimum atomic E-state index is 0.897. The molecule has 0 unspecified atom stereocenters. The number of likely N-dealkylation sites (N-methyl/N-ethyl adjacent to an activating group) is 1. The fourth-order valence-corrected chi connectivity index (χ4v) is 2.17. The van der Waals surface area contributed by atoms with Crippen molar-refractivity contribution >= 4 is 0 Å². The SMILES string of the molecule is CCN1CCN(N2CCOCC2)CC1. The Kier molecular flexibility index (Phi) is 3.75. The standard InChI is InChI=1S/C10H21N3O/c1-2-11-3-5-12(6-4-11)13-7-9-14-10-8-13/h2-10H2,1H3. The highest BCUT2D eigenvalue weighted by atomic mass is 16.5. The molecule has 2 aliphatic heterocycles. The third kappa shape index (κ3) is 2.45. The summed E-state index contributed by atoms with van der Waals surface area (Å²) in [5.41, 5.74) is 0. The van der Waals surface area contributed by atoms with E-state index < -0.39 is 0 Å². The van der Waals surface area contributed by atoms with Gasteiger partial charge in [0.05, 0.1) is 13.2 Å². The predicted molar refractivity (Wildman–Crippen MR) is 56.1 cm³/mol. The molecule has 2 aliphatic rings. The van der Waals surface area contributed by atoms with Crippen molar-refractivity contribution in [1.82, 2.24) is 14.9 Å². The lowest BCUT2D eigenvalue weighted by molar-refractivity contribution is -0.107. The largest absolute Gasteiger partial charge is 0.379 e. The molecule has 0 saturated carbocycles. The van der Waals surface area contributed by atoms with Gasteiger partial charge in [0.15, 0.2) is 0 Å². The zero-order valence-electron chi connectivity index (χ0n) is 9.11. The van der Waals surface area contributed by atoms with Crippen LogP contribution in [0.4, 0.5) is 0 Å². The van der Waals surface area contributed by atoms with E-state index in [0.29, 0.717) is 0 Å². The average molecular weight is 199 g/mol. The van der Waals surface area contributed by atoms with E-state index >= 15 is 0 Å². The second kappa shape index (κ2) is 5.07. The molecule has 0 aromatic rings. The van der Waals surface area contributed by atoms with E-state index in [1.54, 1.807) is 0 Å². The molecule has 4 heteroatoms. The van der Waals surface area contributed by atoms with Crippen molar-refractivity contribution in [2.24, 2.45) is 0 Å². The lowest BCUT2D eigenvalue weighted by atomic mass is 10.3. The maximum absolute atomic E-state index is 5.35. The molecule has 0 bridgehead atoms. The molecule has 0 aliphatic carbocycles. The topological polar surface area (TPSA) is 19.0 Å². The van der Waals surface area contributed by atoms with Crippen LogP contribution in [0.25, 0.3) is 0 Å². The third-order valence-corrected chi connectivity index (χ3v) is 3.18. The van der Waals surface area contributed by atoms with Gasteiger partial charge >= 0.3 is 0 Å². The van der Waals surface area contributed by atoms with Gasteiger partial charge in [-0.3, -0.25) is 0 Å². The number of hydrogen-bond acceptors (Lipinski definition) is 4. The van der Waals surface area contributed by atoms with Crippen LogP contribution in [0.15, 0.2) is 0 Å². The second-order valence-corrected chi connectivity index (χ2v) is 3.95. The van der Waals surface area contributed by atoms with E-state index in [2.05, 4.69) is 21.8 Å². The molecule has 14 heavy (non-hydrogen) atoms. The first-order chi connectivity index (χ1) is 6.90. The molecule has 0 aromatic heterocycles. The quantitative estimate of drug-likeness (QED) is 0.617. The Morgan fingerprint density at radius 2 is 1.43 bits per heavy atom. The van der Waals surface area contributed by atoms with Gasteiger partial charge in [0, 0.05) is 39.3 Å². The van der Waals surface area contributed by atoms with E-state index in [1.807, 2.05) is 0 Å². The molecule has 0 N–H and O–H groups in total. The van der Waals surface area contributed by atoms with Gasteiger partial charge in [0.2, 0.25) is 0 Å². The number of morpholine rings is 1. The maximum Gasteiger partial charge on any atom is 0.0608 e. The van der Waals surface area contributed by atoms with Gasteiger partial charge in [-0.2, -0.15) is 0 Å². The second-order valence-electron chi connectivity index (χ2n) is 3.95. The average Bonchev–Trinajstić information content (AvgIpc) is 2.30. The van der Waals surface area contributed by atoms with Gasteiger partial charge in [-0.05, 0) is 6.54 Å². The number of hydrazine groups is 1. The van der Waals surface area contributed by atoms with Crippen molar-refractivity contribution < 1.29 is 4.74 Å². The molecule has 2 heterocycles. The molecule has 0 radical (unpaired) electrons. The van der Waals surface area contributed by atoms with E-state index in [-0.39, 0.29) is 0 Å². The lowest BCUT2D eigenvalue weighted by Crippen LogP contribution is -2.56. The highest BCUT2D eigenvalue weighted by Crippen LogP contribution is 2.07. The van der Waals surface area contributed by atoms with Crippen LogP contribution >= 0.6 is 0 Å². The number of piperazine rings is 1. The fourth-order valence-electron chi connectivity index (χ4n) is 2.17. The summed E-state index contributed by atoms with van der Waals surface area (Å²) >= 11 is 0. The van der Waals surface area contributed by atoms with Gasteiger partial charge in [-0.1, -0.05) is 6.92 Å². The Morgan fingerprint density at radius 1 is 0.857 bits per heavy atom. The highest BCUT2D eigenvalue weighted by molar-refractivity contribution is 4.71. The monoisotopic (exact) mass is 199 g/mol. The van der Waals surface area contributed by atoms with Crippen LogP contribution in [0.2, 0.25) is 0 Å². The first-order valence-electron chi connectivity index (χ1n) is 5.70. The smallest absolute Gasteiger partial charge is 0.0608 e. The summed E-state index contributed by atoms with van der Waals surface area (Å²) in [5.74, 6) is 0. The van der Waals surface area contributed by atoms with Crippen molar-refractivity contribution in [3.05, 3.63) is 0 Å². The summed E-state index contributed by atoms with van der Waals surface area (Å²) < 4.78 is 5.35. The van der Waals surface area contributed by atoms with Crippen molar-refractivity contribution in [3.8, 4) is 0 Å². The van der Waals surface area contributed by atoms with Gasteiger partial charge in [-0.15, -0.1) is 0 Å². The molecule has 4 nitrogen and oxygen atoms in total. The minimum absolute atomic E-state index is 0.897. The Labute approximate surface area is 86.4 Å². The molecule has 0 atom stereocenters. The number of hydrogen-bond donors (Lipinski definition) is 0.